The molecule has 1 heterocycles. The van der Waals surface area contributed by atoms with Gasteiger partial charge in [0, 0.05) is 12.5 Å². The first-order valence-corrected chi connectivity index (χ1v) is 11.6. The molecule has 2 heteroatoms. The van der Waals surface area contributed by atoms with Gasteiger partial charge in [-0.1, -0.05) is 44.1 Å². The number of allylic oxidation sites excluding steroid dienone is 2. The normalized spacial score (nSPS) is 51.9. The highest BCUT2D eigenvalue weighted by Crippen LogP contribution is 2.67. The summed E-state index contributed by atoms with van der Waals surface area (Å²) in [5.41, 5.74) is 4.12. The average molecular weight is 371 g/mol. The molecule has 0 bridgehead atoms. The van der Waals surface area contributed by atoms with Crippen molar-refractivity contribution in [3.05, 3.63) is 23.3 Å². The van der Waals surface area contributed by atoms with Gasteiger partial charge in [-0.15, -0.1) is 0 Å². The van der Waals surface area contributed by atoms with Crippen LogP contribution in [0, 0.1) is 40.4 Å². The summed E-state index contributed by atoms with van der Waals surface area (Å²) in [6.45, 7) is 9.45. The van der Waals surface area contributed by atoms with E-state index in [9.17, 15) is 5.11 Å². The number of aliphatic hydroxyl groups excluding tert-OH is 1. The molecule has 27 heavy (non-hydrogen) atoms. The first-order valence-electron chi connectivity index (χ1n) is 11.6. The SMILES string of the molecule is CCC1C=C2CC(O)CC[C@]2(C)[C@@H]2CC[C@]3(C)C(C4CCOC4)=CC[C@H]3[C@H]12. The van der Waals surface area contributed by atoms with E-state index < -0.39 is 0 Å². The molecule has 0 aromatic heterocycles. The lowest BCUT2D eigenvalue weighted by Crippen LogP contribution is -2.53. The van der Waals surface area contributed by atoms with Crippen molar-refractivity contribution in [2.24, 2.45) is 40.4 Å². The van der Waals surface area contributed by atoms with Crippen molar-refractivity contribution in [1.29, 1.82) is 0 Å². The molecule has 1 N–H and O–H groups in total. The molecule has 0 aromatic carbocycles. The number of aliphatic hydroxyl groups is 1. The van der Waals surface area contributed by atoms with Crippen molar-refractivity contribution < 1.29 is 9.84 Å². The summed E-state index contributed by atoms with van der Waals surface area (Å²) in [6, 6.07) is 0. The summed E-state index contributed by atoms with van der Waals surface area (Å²) in [4.78, 5) is 0. The molecule has 2 nitrogen and oxygen atoms in total. The Morgan fingerprint density at radius 2 is 1.93 bits per heavy atom. The van der Waals surface area contributed by atoms with Gasteiger partial charge in [-0.2, -0.15) is 0 Å². The Hall–Kier alpha value is -0.600. The van der Waals surface area contributed by atoms with E-state index in [-0.39, 0.29) is 6.10 Å². The third kappa shape index (κ3) is 2.58. The molecule has 3 fully saturated rings. The monoisotopic (exact) mass is 370 g/mol. The van der Waals surface area contributed by atoms with Gasteiger partial charge in [0.15, 0.2) is 0 Å². The molecule has 150 valence electrons. The summed E-state index contributed by atoms with van der Waals surface area (Å²) in [5.74, 6) is 3.86. The molecule has 2 saturated carbocycles. The number of ether oxygens (including phenoxy) is 1. The summed E-state index contributed by atoms with van der Waals surface area (Å²) >= 11 is 0. The van der Waals surface area contributed by atoms with Gasteiger partial charge in [0.2, 0.25) is 0 Å². The molecule has 0 aromatic rings. The first kappa shape index (κ1) is 18.4. The Morgan fingerprint density at radius 1 is 1.11 bits per heavy atom. The molecular formula is C25H38O2. The largest absolute Gasteiger partial charge is 0.393 e. The van der Waals surface area contributed by atoms with E-state index in [1.54, 1.807) is 11.1 Å². The van der Waals surface area contributed by atoms with Crippen LogP contribution in [0.5, 0.6) is 0 Å². The lowest BCUT2D eigenvalue weighted by molar-refractivity contribution is -0.0538. The second-order valence-electron chi connectivity index (χ2n) is 10.8. The van der Waals surface area contributed by atoms with E-state index >= 15 is 0 Å². The Morgan fingerprint density at radius 3 is 2.67 bits per heavy atom. The standard InChI is InChI=1S/C25H38O2/c1-4-16-13-18-14-19(26)7-10-24(18,2)22-8-11-25(3)20(17-9-12-27-15-17)5-6-21(25)23(16)22/h5,13,16-17,19,21-23,26H,4,6-12,14-15H2,1-3H3/t16?,17?,19?,21-,22+,23-,24-,25+/m0/s1. The van der Waals surface area contributed by atoms with E-state index in [1.807, 2.05) is 0 Å². The van der Waals surface area contributed by atoms with Crippen LogP contribution in [0.1, 0.15) is 72.1 Å². The molecule has 0 radical (unpaired) electrons. The van der Waals surface area contributed by atoms with Gasteiger partial charge in [0.05, 0.1) is 12.7 Å². The van der Waals surface area contributed by atoms with Gasteiger partial charge in [-0.25, -0.2) is 0 Å². The van der Waals surface area contributed by atoms with Crippen molar-refractivity contribution >= 4 is 0 Å². The molecule has 5 aliphatic rings. The van der Waals surface area contributed by atoms with Crippen molar-refractivity contribution in [3.8, 4) is 0 Å². The van der Waals surface area contributed by atoms with E-state index in [0.29, 0.717) is 22.7 Å². The lowest BCUT2D eigenvalue weighted by atomic mass is 9.45. The van der Waals surface area contributed by atoms with E-state index in [4.69, 9.17) is 4.74 Å². The number of fused-ring (bicyclic) bond motifs is 5. The molecule has 0 spiro atoms. The van der Waals surface area contributed by atoms with Gasteiger partial charge in [0.1, 0.15) is 0 Å². The molecule has 4 aliphatic carbocycles. The zero-order valence-electron chi connectivity index (χ0n) is 17.5. The van der Waals surface area contributed by atoms with Crippen LogP contribution in [0.15, 0.2) is 23.3 Å². The Kier molecular flexibility index (Phi) is 4.41. The summed E-state index contributed by atoms with van der Waals surface area (Å²) in [6.07, 6.45) is 14.8. The van der Waals surface area contributed by atoms with Crippen molar-refractivity contribution in [2.75, 3.05) is 13.2 Å². The topological polar surface area (TPSA) is 29.5 Å². The zero-order chi connectivity index (χ0) is 18.8. The molecule has 5 rings (SSSR count). The third-order valence-electron chi connectivity index (χ3n) is 9.73. The average Bonchev–Trinajstić information content (AvgIpc) is 3.28. The minimum absolute atomic E-state index is 0.102. The fourth-order valence-electron chi connectivity index (χ4n) is 8.21. The Balaban J connectivity index is 1.50. The van der Waals surface area contributed by atoms with Crippen molar-refractivity contribution in [2.45, 2.75) is 78.2 Å². The van der Waals surface area contributed by atoms with Crippen LogP contribution in [0.25, 0.3) is 0 Å². The minimum Gasteiger partial charge on any atom is -0.393 e. The summed E-state index contributed by atoms with van der Waals surface area (Å²) < 4.78 is 5.77. The van der Waals surface area contributed by atoms with E-state index in [0.717, 1.165) is 43.8 Å². The van der Waals surface area contributed by atoms with E-state index in [1.165, 1.54) is 38.5 Å². The fourth-order valence-corrected chi connectivity index (χ4v) is 8.21. The van der Waals surface area contributed by atoms with Crippen LogP contribution in [0.4, 0.5) is 0 Å². The highest BCUT2D eigenvalue weighted by Gasteiger charge is 2.59. The van der Waals surface area contributed by atoms with Crippen LogP contribution >= 0.6 is 0 Å². The predicted octanol–water partition coefficient (Wildman–Crippen LogP) is 5.52. The highest BCUT2D eigenvalue weighted by atomic mass is 16.5. The predicted molar refractivity (Wildman–Crippen MR) is 109 cm³/mol. The Bertz CT molecular complexity index is 657. The zero-order valence-corrected chi connectivity index (χ0v) is 17.5. The molecule has 1 aliphatic heterocycles. The Labute approximate surface area is 165 Å². The molecule has 8 atom stereocenters. The van der Waals surface area contributed by atoms with Gasteiger partial charge >= 0.3 is 0 Å². The quantitative estimate of drug-likeness (QED) is 0.649. The van der Waals surface area contributed by atoms with Crippen LogP contribution in [0.3, 0.4) is 0 Å². The lowest BCUT2D eigenvalue weighted by Gasteiger charge is -2.60. The maximum atomic E-state index is 10.3. The van der Waals surface area contributed by atoms with Crippen LogP contribution in [-0.4, -0.2) is 24.4 Å². The fraction of sp³-hybridized carbons (Fsp3) is 0.840. The van der Waals surface area contributed by atoms with E-state index in [2.05, 4.69) is 32.9 Å². The third-order valence-corrected chi connectivity index (χ3v) is 9.73. The smallest absolute Gasteiger partial charge is 0.0577 e. The molecular weight excluding hydrogens is 332 g/mol. The maximum Gasteiger partial charge on any atom is 0.0577 e. The highest BCUT2D eigenvalue weighted by molar-refractivity contribution is 5.32. The number of hydrogen-bond acceptors (Lipinski definition) is 2. The second kappa shape index (κ2) is 6.46. The van der Waals surface area contributed by atoms with Crippen molar-refractivity contribution in [3.63, 3.8) is 0 Å². The van der Waals surface area contributed by atoms with Crippen LogP contribution < -0.4 is 0 Å². The van der Waals surface area contributed by atoms with Crippen molar-refractivity contribution in [1.82, 2.24) is 0 Å². The minimum atomic E-state index is -0.102. The number of rotatable bonds is 2. The van der Waals surface area contributed by atoms with Gasteiger partial charge in [0.25, 0.3) is 0 Å². The maximum absolute atomic E-state index is 10.3. The molecule has 0 amide bonds. The second-order valence-corrected chi connectivity index (χ2v) is 10.8. The molecule has 1 saturated heterocycles. The van der Waals surface area contributed by atoms with Gasteiger partial charge in [-0.05, 0) is 85.9 Å². The van der Waals surface area contributed by atoms with Crippen LogP contribution in [-0.2, 0) is 4.74 Å². The number of hydrogen-bond donors (Lipinski definition) is 1. The summed E-state index contributed by atoms with van der Waals surface area (Å²) in [5, 5.41) is 10.3. The van der Waals surface area contributed by atoms with Gasteiger partial charge in [-0.3, -0.25) is 0 Å². The molecule has 3 unspecified atom stereocenters. The first-order chi connectivity index (χ1) is 13.0. The van der Waals surface area contributed by atoms with Gasteiger partial charge < -0.3 is 9.84 Å². The van der Waals surface area contributed by atoms with Crippen LogP contribution in [0.2, 0.25) is 0 Å². The summed E-state index contributed by atoms with van der Waals surface area (Å²) in [7, 11) is 0.